The number of nitriles is 3. The number of rotatable bonds is 3. The quantitative estimate of drug-likeness (QED) is 0.634. The lowest BCUT2D eigenvalue weighted by Crippen LogP contribution is -1.87. The smallest absolute Gasteiger partial charge is 0.0957 e. The lowest BCUT2D eigenvalue weighted by atomic mass is 10.0. The van der Waals surface area contributed by atoms with E-state index in [1.165, 1.54) is 0 Å². The van der Waals surface area contributed by atoms with Crippen molar-refractivity contribution >= 4 is 0 Å². The molecular weight excluding hydrogens is 174 g/mol. The van der Waals surface area contributed by atoms with Crippen LogP contribution in [0.2, 0.25) is 0 Å². The van der Waals surface area contributed by atoms with E-state index in [1.807, 2.05) is 18.2 Å². The second kappa shape index (κ2) is 6.46. The average Bonchev–Trinajstić information content (AvgIpc) is 2.24. The molecule has 0 aliphatic rings. The first-order valence-corrected chi connectivity index (χ1v) is 4.24. The zero-order valence-corrected chi connectivity index (χ0v) is 8.33. The first-order chi connectivity index (χ1) is 6.69. The van der Waals surface area contributed by atoms with Gasteiger partial charge in [0.2, 0.25) is 0 Å². The Morgan fingerprint density at radius 2 is 1.71 bits per heavy atom. The fourth-order valence-corrected chi connectivity index (χ4v) is 0.919. The van der Waals surface area contributed by atoms with Crippen molar-refractivity contribution in [2.75, 3.05) is 0 Å². The third-order valence-electron chi connectivity index (χ3n) is 1.89. The molecule has 0 aromatic carbocycles. The minimum Gasteiger partial charge on any atom is -0.193 e. The van der Waals surface area contributed by atoms with Crippen molar-refractivity contribution in [3.05, 3.63) is 22.8 Å². The number of allylic oxidation sites excluding steroid dienone is 4. The van der Waals surface area contributed by atoms with Gasteiger partial charge in [0.15, 0.2) is 0 Å². The zero-order chi connectivity index (χ0) is 11.0. The summed E-state index contributed by atoms with van der Waals surface area (Å²) in [5.41, 5.74) is 1.53. The lowest BCUT2D eigenvalue weighted by molar-refractivity contribution is 0.963. The normalized spacial score (nSPS) is 12.1. The molecule has 0 aromatic heterocycles. The summed E-state index contributed by atoms with van der Waals surface area (Å²) >= 11 is 0. The van der Waals surface area contributed by atoms with Gasteiger partial charge in [-0.2, -0.15) is 15.8 Å². The summed E-state index contributed by atoms with van der Waals surface area (Å²) in [5, 5.41) is 25.9. The second-order valence-corrected chi connectivity index (χ2v) is 2.75. The van der Waals surface area contributed by atoms with Crippen LogP contribution in [0.1, 0.15) is 26.7 Å². The fraction of sp³-hybridized carbons (Fsp3) is 0.364. The molecule has 3 nitrogen and oxygen atoms in total. The van der Waals surface area contributed by atoms with Gasteiger partial charge < -0.3 is 0 Å². The van der Waals surface area contributed by atoms with Crippen molar-refractivity contribution in [1.82, 2.24) is 0 Å². The molecule has 0 spiro atoms. The lowest BCUT2D eigenvalue weighted by Gasteiger charge is -1.98. The number of hydrogen-bond donors (Lipinski definition) is 0. The Labute approximate surface area is 84.2 Å². The van der Waals surface area contributed by atoms with Crippen LogP contribution in [0.4, 0.5) is 0 Å². The van der Waals surface area contributed by atoms with Crippen molar-refractivity contribution in [1.29, 1.82) is 15.8 Å². The van der Waals surface area contributed by atoms with Crippen molar-refractivity contribution in [3.8, 4) is 18.2 Å². The van der Waals surface area contributed by atoms with E-state index in [0.717, 1.165) is 0 Å². The van der Waals surface area contributed by atoms with Gasteiger partial charge in [-0.15, -0.1) is 0 Å². The van der Waals surface area contributed by atoms with Crippen LogP contribution in [0.15, 0.2) is 22.8 Å². The average molecular weight is 185 g/mol. The first kappa shape index (κ1) is 11.9. The van der Waals surface area contributed by atoms with Crippen LogP contribution >= 0.6 is 0 Å². The minimum absolute atomic E-state index is 0.431. The van der Waals surface area contributed by atoms with Gasteiger partial charge in [0.25, 0.3) is 0 Å². The topological polar surface area (TPSA) is 71.4 Å². The maximum absolute atomic E-state index is 8.72. The molecule has 0 fully saturated rings. The Hall–Kier alpha value is -2.05. The van der Waals surface area contributed by atoms with E-state index >= 15 is 0 Å². The Kier molecular flexibility index (Phi) is 5.52. The van der Waals surface area contributed by atoms with Crippen molar-refractivity contribution in [2.45, 2.75) is 26.7 Å². The van der Waals surface area contributed by atoms with E-state index in [-0.39, 0.29) is 0 Å². The Morgan fingerprint density at radius 1 is 1.07 bits per heavy atom. The molecule has 0 atom stereocenters. The molecule has 0 radical (unpaired) electrons. The molecule has 70 valence electrons. The summed E-state index contributed by atoms with van der Waals surface area (Å²) < 4.78 is 0. The van der Waals surface area contributed by atoms with Crippen LogP contribution in [0, 0.1) is 34.0 Å². The molecule has 0 amide bonds. The molecule has 0 unspecified atom stereocenters. The SMILES string of the molecule is C/C=C(\C#N)CC/C(C#N)=C(/C)C#N. The molecule has 14 heavy (non-hydrogen) atoms. The molecule has 0 N–H and O–H groups in total. The van der Waals surface area contributed by atoms with Gasteiger partial charge in [-0.25, -0.2) is 0 Å². The maximum Gasteiger partial charge on any atom is 0.0957 e. The summed E-state index contributed by atoms with van der Waals surface area (Å²) in [7, 11) is 0. The Morgan fingerprint density at radius 3 is 2.07 bits per heavy atom. The largest absolute Gasteiger partial charge is 0.193 e. The predicted octanol–water partition coefficient (Wildman–Crippen LogP) is 2.60. The standard InChI is InChI=1S/C11H11N3/c1-3-10(7-13)4-5-11(8-14)9(2)6-12/h3H,4-5H2,1-2H3/b10-3-,11-9+. The van der Waals surface area contributed by atoms with Gasteiger partial charge in [-0.05, 0) is 26.7 Å². The molecular formula is C11H11N3. The van der Waals surface area contributed by atoms with E-state index < -0.39 is 0 Å². The van der Waals surface area contributed by atoms with Gasteiger partial charge in [0.05, 0.1) is 18.2 Å². The minimum atomic E-state index is 0.431. The molecule has 0 aliphatic heterocycles. The molecule has 3 heteroatoms. The van der Waals surface area contributed by atoms with Crippen molar-refractivity contribution in [2.24, 2.45) is 0 Å². The van der Waals surface area contributed by atoms with Crippen LogP contribution in [0.5, 0.6) is 0 Å². The van der Waals surface area contributed by atoms with Crippen LogP contribution in [0.25, 0.3) is 0 Å². The maximum atomic E-state index is 8.72. The van der Waals surface area contributed by atoms with E-state index in [0.29, 0.717) is 29.6 Å². The van der Waals surface area contributed by atoms with Gasteiger partial charge in [0, 0.05) is 16.7 Å². The predicted molar refractivity (Wildman–Crippen MR) is 52.5 cm³/mol. The molecule has 0 aromatic rings. The highest BCUT2D eigenvalue weighted by Crippen LogP contribution is 2.13. The number of hydrogen-bond acceptors (Lipinski definition) is 3. The molecule has 0 bridgehead atoms. The van der Waals surface area contributed by atoms with E-state index in [2.05, 4.69) is 0 Å². The van der Waals surface area contributed by atoms with Gasteiger partial charge in [0.1, 0.15) is 0 Å². The third-order valence-corrected chi connectivity index (χ3v) is 1.89. The van der Waals surface area contributed by atoms with Crippen molar-refractivity contribution < 1.29 is 0 Å². The van der Waals surface area contributed by atoms with E-state index in [9.17, 15) is 0 Å². The summed E-state index contributed by atoms with van der Waals surface area (Å²) in [4.78, 5) is 0. The van der Waals surface area contributed by atoms with Crippen LogP contribution in [-0.4, -0.2) is 0 Å². The molecule has 0 saturated heterocycles. The third kappa shape index (κ3) is 3.57. The molecule has 0 heterocycles. The monoisotopic (exact) mass is 185 g/mol. The Balaban J connectivity index is 4.51. The summed E-state index contributed by atoms with van der Waals surface area (Å²) in [5.74, 6) is 0. The highest BCUT2D eigenvalue weighted by Gasteiger charge is 2.03. The van der Waals surface area contributed by atoms with Gasteiger partial charge >= 0.3 is 0 Å². The molecule has 0 rings (SSSR count). The first-order valence-electron chi connectivity index (χ1n) is 4.24. The van der Waals surface area contributed by atoms with Gasteiger partial charge in [-0.3, -0.25) is 0 Å². The summed E-state index contributed by atoms with van der Waals surface area (Å²) in [6, 6.07) is 5.94. The van der Waals surface area contributed by atoms with Crippen LogP contribution < -0.4 is 0 Å². The van der Waals surface area contributed by atoms with E-state index in [1.54, 1.807) is 19.9 Å². The highest BCUT2D eigenvalue weighted by molar-refractivity contribution is 5.36. The Bertz CT molecular complexity index is 380. The second-order valence-electron chi connectivity index (χ2n) is 2.75. The fourth-order valence-electron chi connectivity index (χ4n) is 0.919. The summed E-state index contributed by atoms with van der Waals surface area (Å²) in [6.07, 6.45) is 2.70. The van der Waals surface area contributed by atoms with Crippen molar-refractivity contribution in [3.63, 3.8) is 0 Å². The molecule has 0 aliphatic carbocycles. The van der Waals surface area contributed by atoms with E-state index in [4.69, 9.17) is 15.8 Å². The highest BCUT2D eigenvalue weighted by atomic mass is 14.3. The van der Waals surface area contributed by atoms with Gasteiger partial charge in [-0.1, -0.05) is 6.08 Å². The van der Waals surface area contributed by atoms with Crippen LogP contribution in [-0.2, 0) is 0 Å². The molecule has 0 saturated carbocycles. The van der Waals surface area contributed by atoms with Crippen LogP contribution in [0.3, 0.4) is 0 Å². The summed E-state index contributed by atoms with van der Waals surface area (Å²) in [6.45, 7) is 3.39. The zero-order valence-electron chi connectivity index (χ0n) is 8.33. The number of nitrogens with zero attached hydrogens (tertiary/aromatic N) is 3.